The number of nitrogens with zero attached hydrogens (tertiary/aromatic N) is 2. The third-order valence-electron chi connectivity index (χ3n) is 1.63. The van der Waals surface area contributed by atoms with Crippen molar-refractivity contribution in [2.45, 2.75) is 0 Å². The standard InChI is InChI=1S/C10H8ClN3O2/c1-16-10(15)9(6-12)14-13-8-4-2-7(11)3-5-8/h2-5,13H,1H3/b14-9-. The SMILES string of the molecule is COC(=O)/C(C#N)=N\Nc1ccc(Cl)cc1. The molecule has 0 aliphatic rings. The second kappa shape index (κ2) is 5.73. The first-order chi connectivity index (χ1) is 7.67. The van der Waals surface area contributed by atoms with Crippen LogP contribution in [0, 0.1) is 11.3 Å². The molecule has 1 aromatic rings. The summed E-state index contributed by atoms with van der Waals surface area (Å²) in [6, 6.07) is 8.26. The van der Waals surface area contributed by atoms with E-state index in [2.05, 4.69) is 15.3 Å². The summed E-state index contributed by atoms with van der Waals surface area (Å²) >= 11 is 5.68. The lowest BCUT2D eigenvalue weighted by molar-refractivity contribution is -0.132. The minimum absolute atomic E-state index is 0.350. The van der Waals surface area contributed by atoms with Crippen LogP contribution in [0.1, 0.15) is 0 Å². The van der Waals surface area contributed by atoms with Crippen LogP contribution in [-0.4, -0.2) is 18.8 Å². The Morgan fingerprint density at radius 3 is 2.62 bits per heavy atom. The fraction of sp³-hybridized carbons (Fsp3) is 0.100. The van der Waals surface area contributed by atoms with E-state index in [1.165, 1.54) is 7.11 Å². The first-order valence-corrected chi connectivity index (χ1v) is 4.63. The Labute approximate surface area is 97.3 Å². The number of esters is 1. The lowest BCUT2D eigenvalue weighted by Crippen LogP contribution is -2.15. The van der Waals surface area contributed by atoms with Gasteiger partial charge in [0.1, 0.15) is 6.07 Å². The monoisotopic (exact) mass is 237 g/mol. The van der Waals surface area contributed by atoms with E-state index in [9.17, 15) is 4.79 Å². The molecule has 0 radical (unpaired) electrons. The van der Waals surface area contributed by atoms with Crippen molar-refractivity contribution in [3.63, 3.8) is 0 Å². The van der Waals surface area contributed by atoms with Gasteiger partial charge in [-0.15, -0.1) is 0 Å². The zero-order valence-electron chi connectivity index (χ0n) is 8.40. The highest BCUT2D eigenvalue weighted by molar-refractivity contribution is 6.43. The Morgan fingerprint density at radius 2 is 2.12 bits per heavy atom. The zero-order chi connectivity index (χ0) is 12.0. The molecule has 0 aliphatic heterocycles. The third-order valence-corrected chi connectivity index (χ3v) is 1.88. The van der Waals surface area contributed by atoms with Gasteiger partial charge < -0.3 is 4.74 Å². The Morgan fingerprint density at radius 1 is 1.50 bits per heavy atom. The van der Waals surface area contributed by atoms with Crippen molar-refractivity contribution in [1.82, 2.24) is 0 Å². The molecule has 0 aliphatic carbocycles. The number of nitrogens with one attached hydrogen (secondary N) is 1. The highest BCUT2D eigenvalue weighted by Crippen LogP contribution is 2.13. The second-order valence-electron chi connectivity index (χ2n) is 2.68. The third kappa shape index (κ3) is 3.26. The number of ether oxygens (including phenoxy) is 1. The Kier molecular flexibility index (Phi) is 4.30. The van der Waals surface area contributed by atoms with E-state index in [0.717, 1.165) is 0 Å². The van der Waals surface area contributed by atoms with E-state index in [1.54, 1.807) is 30.3 Å². The summed E-state index contributed by atoms with van der Waals surface area (Å²) in [7, 11) is 1.18. The number of carbonyl (C=O) groups excluding carboxylic acids is 1. The molecule has 0 fully saturated rings. The molecule has 0 bridgehead atoms. The van der Waals surface area contributed by atoms with Gasteiger partial charge in [-0.2, -0.15) is 10.4 Å². The van der Waals surface area contributed by atoms with Gasteiger partial charge >= 0.3 is 5.97 Å². The van der Waals surface area contributed by atoms with E-state index < -0.39 is 5.97 Å². The molecule has 0 saturated carbocycles. The molecule has 0 unspecified atom stereocenters. The smallest absolute Gasteiger partial charge is 0.369 e. The van der Waals surface area contributed by atoms with Gasteiger partial charge in [-0.1, -0.05) is 11.6 Å². The summed E-state index contributed by atoms with van der Waals surface area (Å²) in [5, 5.41) is 12.8. The van der Waals surface area contributed by atoms with Crippen LogP contribution in [0.2, 0.25) is 5.02 Å². The summed E-state index contributed by atoms with van der Waals surface area (Å²) < 4.78 is 4.36. The van der Waals surface area contributed by atoms with Crippen LogP contribution < -0.4 is 5.43 Å². The van der Waals surface area contributed by atoms with Gasteiger partial charge in [-0.3, -0.25) is 5.43 Å². The van der Waals surface area contributed by atoms with Crippen LogP contribution in [0.15, 0.2) is 29.4 Å². The topological polar surface area (TPSA) is 74.5 Å². The number of hydrogen-bond acceptors (Lipinski definition) is 5. The van der Waals surface area contributed by atoms with Crippen molar-refractivity contribution in [3.05, 3.63) is 29.3 Å². The van der Waals surface area contributed by atoms with Crippen LogP contribution in [0.5, 0.6) is 0 Å². The van der Waals surface area contributed by atoms with Crippen molar-refractivity contribution in [3.8, 4) is 6.07 Å². The summed E-state index contributed by atoms with van der Waals surface area (Å²) in [6.45, 7) is 0. The van der Waals surface area contributed by atoms with Crippen molar-refractivity contribution in [2.75, 3.05) is 12.5 Å². The molecule has 1 rings (SSSR count). The molecule has 1 N–H and O–H groups in total. The highest BCUT2D eigenvalue weighted by Gasteiger charge is 2.10. The fourth-order valence-electron chi connectivity index (χ4n) is 0.858. The normalized spacial score (nSPS) is 10.4. The van der Waals surface area contributed by atoms with Gasteiger partial charge in [0.2, 0.25) is 5.71 Å². The predicted molar refractivity (Wildman–Crippen MR) is 60.1 cm³/mol. The second-order valence-corrected chi connectivity index (χ2v) is 3.12. The minimum atomic E-state index is -0.788. The van der Waals surface area contributed by atoms with E-state index in [0.29, 0.717) is 10.7 Å². The van der Waals surface area contributed by atoms with Crippen LogP contribution in [0.4, 0.5) is 5.69 Å². The summed E-state index contributed by atoms with van der Waals surface area (Å²) in [5.41, 5.74) is 2.81. The van der Waals surface area contributed by atoms with Gasteiger partial charge in [-0.05, 0) is 24.3 Å². The molecule has 0 atom stereocenters. The molecule has 0 aromatic heterocycles. The quantitative estimate of drug-likeness (QED) is 0.494. The maximum Gasteiger partial charge on any atom is 0.369 e. The average Bonchev–Trinajstić information content (AvgIpc) is 2.31. The number of carbonyl (C=O) groups is 1. The predicted octanol–water partition coefficient (Wildman–Crippen LogP) is 1.80. The van der Waals surface area contributed by atoms with Gasteiger partial charge in [0.05, 0.1) is 12.8 Å². The first-order valence-electron chi connectivity index (χ1n) is 4.25. The molecule has 0 saturated heterocycles. The lowest BCUT2D eigenvalue weighted by Gasteiger charge is -2.00. The summed E-state index contributed by atoms with van der Waals surface area (Å²) in [6.07, 6.45) is 0. The fourth-order valence-corrected chi connectivity index (χ4v) is 0.984. The van der Waals surface area contributed by atoms with Crippen molar-refractivity contribution in [2.24, 2.45) is 5.10 Å². The molecule has 0 heterocycles. The maximum absolute atomic E-state index is 11.0. The number of halogens is 1. The number of methoxy groups -OCH3 is 1. The highest BCUT2D eigenvalue weighted by atomic mass is 35.5. The number of hydrazone groups is 1. The van der Waals surface area contributed by atoms with Gasteiger partial charge in [0.15, 0.2) is 0 Å². The Bertz CT molecular complexity index is 448. The van der Waals surface area contributed by atoms with Crippen molar-refractivity contribution >= 4 is 29.0 Å². The van der Waals surface area contributed by atoms with E-state index in [-0.39, 0.29) is 5.71 Å². The minimum Gasteiger partial charge on any atom is -0.464 e. The van der Waals surface area contributed by atoms with Crippen LogP contribution in [-0.2, 0) is 9.53 Å². The number of anilines is 1. The van der Waals surface area contributed by atoms with Crippen LogP contribution >= 0.6 is 11.6 Å². The first kappa shape index (κ1) is 12.0. The number of benzene rings is 1. The van der Waals surface area contributed by atoms with E-state index in [1.807, 2.05) is 0 Å². The van der Waals surface area contributed by atoms with Crippen molar-refractivity contribution in [1.29, 1.82) is 5.26 Å². The molecule has 1 aromatic carbocycles. The van der Waals surface area contributed by atoms with Crippen molar-refractivity contribution < 1.29 is 9.53 Å². The van der Waals surface area contributed by atoms with Gasteiger partial charge in [0, 0.05) is 5.02 Å². The van der Waals surface area contributed by atoms with Gasteiger partial charge in [0.25, 0.3) is 0 Å². The van der Waals surface area contributed by atoms with E-state index >= 15 is 0 Å². The molecule has 0 amide bonds. The molecule has 6 heteroatoms. The number of nitriles is 1. The number of hydrogen-bond donors (Lipinski definition) is 1. The Balaban J connectivity index is 2.75. The molecule has 0 spiro atoms. The average molecular weight is 238 g/mol. The maximum atomic E-state index is 11.0. The molecule has 16 heavy (non-hydrogen) atoms. The largest absolute Gasteiger partial charge is 0.464 e. The lowest BCUT2D eigenvalue weighted by atomic mass is 10.3. The Hall–Kier alpha value is -2.06. The molecule has 82 valence electrons. The summed E-state index contributed by atoms with van der Waals surface area (Å²) in [4.78, 5) is 11.0. The van der Waals surface area contributed by atoms with Gasteiger partial charge in [-0.25, -0.2) is 4.79 Å². The van der Waals surface area contributed by atoms with Crippen LogP contribution in [0.25, 0.3) is 0 Å². The van der Waals surface area contributed by atoms with Crippen LogP contribution in [0.3, 0.4) is 0 Å². The molecule has 5 nitrogen and oxygen atoms in total. The molecular formula is C10H8ClN3O2. The number of rotatable bonds is 3. The summed E-state index contributed by atoms with van der Waals surface area (Å²) in [5.74, 6) is -0.788. The van der Waals surface area contributed by atoms with E-state index in [4.69, 9.17) is 16.9 Å². The zero-order valence-corrected chi connectivity index (χ0v) is 9.15. The molecular weight excluding hydrogens is 230 g/mol.